The number of carbonyl (C=O) groups is 1. The summed E-state index contributed by atoms with van der Waals surface area (Å²) in [5.74, 6) is 0.623. The summed E-state index contributed by atoms with van der Waals surface area (Å²) < 4.78 is 0. The Labute approximate surface area is 105 Å². The van der Waals surface area contributed by atoms with Crippen LogP contribution in [0.1, 0.15) is 11.8 Å². The van der Waals surface area contributed by atoms with Crippen LogP contribution >= 0.6 is 23.7 Å². The molecule has 1 saturated heterocycles. The summed E-state index contributed by atoms with van der Waals surface area (Å²) in [5, 5.41) is 6.73. The summed E-state index contributed by atoms with van der Waals surface area (Å²) in [5.41, 5.74) is 0. The average molecular weight is 262 g/mol. The van der Waals surface area contributed by atoms with Crippen molar-refractivity contribution in [3.05, 3.63) is 11.1 Å². The standard InChI is InChI=1S/C10H15N3OS.ClH/c1-6-3-12-10(15-6)13-9(14)7(2)8-4-11-5-8;/h3,7-8,11H,4-5H2,1-2H3,(H,12,13,14);1H. The van der Waals surface area contributed by atoms with E-state index in [1.807, 2.05) is 13.8 Å². The molecule has 16 heavy (non-hydrogen) atoms. The van der Waals surface area contributed by atoms with E-state index in [4.69, 9.17) is 0 Å². The lowest BCUT2D eigenvalue weighted by molar-refractivity contribution is -0.121. The number of anilines is 1. The highest BCUT2D eigenvalue weighted by Crippen LogP contribution is 2.21. The third-order valence-corrected chi connectivity index (χ3v) is 3.61. The second-order valence-electron chi connectivity index (χ2n) is 3.97. The molecule has 1 aliphatic rings. The Kier molecular flexibility index (Phi) is 4.70. The van der Waals surface area contributed by atoms with Crippen molar-refractivity contribution in [2.45, 2.75) is 13.8 Å². The van der Waals surface area contributed by atoms with Gasteiger partial charge in [0.15, 0.2) is 5.13 Å². The van der Waals surface area contributed by atoms with E-state index in [1.54, 1.807) is 6.20 Å². The minimum Gasteiger partial charge on any atom is -0.316 e. The van der Waals surface area contributed by atoms with Crippen molar-refractivity contribution >= 4 is 34.8 Å². The molecule has 2 rings (SSSR count). The van der Waals surface area contributed by atoms with Crippen LogP contribution in [-0.2, 0) is 4.79 Å². The van der Waals surface area contributed by atoms with Gasteiger partial charge in [-0.05, 0) is 25.9 Å². The number of aromatic nitrogens is 1. The van der Waals surface area contributed by atoms with Crippen molar-refractivity contribution in [1.82, 2.24) is 10.3 Å². The van der Waals surface area contributed by atoms with Gasteiger partial charge >= 0.3 is 0 Å². The zero-order valence-electron chi connectivity index (χ0n) is 9.32. The molecule has 0 radical (unpaired) electrons. The molecule has 6 heteroatoms. The fourth-order valence-corrected chi connectivity index (χ4v) is 2.18. The number of amides is 1. The Morgan fingerprint density at radius 3 is 2.81 bits per heavy atom. The summed E-state index contributed by atoms with van der Waals surface area (Å²) in [6.07, 6.45) is 1.77. The molecule has 4 nitrogen and oxygen atoms in total. The molecule has 1 fully saturated rings. The summed E-state index contributed by atoms with van der Waals surface area (Å²) in [4.78, 5) is 17.0. The van der Waals surface area contributed by atoms with Gasteiger partial charge in [-0.1, -0.05) is 6.92 Å². The van der Waals surface area contributed by atoms with E-state index in [-0.39, 0.29) is 24.2 Å². The number of nitrogens with one attached hydrogen (secondary N) is 2. The molecule has 1 aromatic heterocycles. The number of nitrogens with zero attached hydrogens (tertiary/aromatic N) is 1. The maximum Gasteiger partial charge on any atom is 0.229 e. The van der Waals surface area contributed by atoms with E-state index >= 15 is 0 Å². The molecule has 90 valence electrons. The molecule has 1 amide bonds. The lowest BCUT2D eigenvalue weighted by Crippen LogP contribution is -2.48. The lowest BCUT2D eigenvalue weighted by Gasteiger charge is -2.31. The largest absolute Gasteiger partial charge is 0.316 e. The first-order valence-corrected chi connectivity index (χ1v) is 5.92. The van der Waals surface area contributed by atoms with Crippen molar-refractivity contribution in [3.63, 3.8) is 0 Å². The van der Waals surface area contributed by atoms with Crippen molar-refractivity contribution in [2.24, 2.45) is 11.8 Å². The average Bonchev–Trinajstić information content (AvgIpc) is 2.48. The SMILES string of the molecule is Cc1cnc(NC(=O)C(C)C2CNC2)s1.Cl. The summed E-state index contributed by atoms with van der Waals surface area (Å²) >= 11 is 1.51. The maximum atomic E-state index is 11.8. The first-order valence-electron chi connectivity index (χ1n) is 5.11. The van der Waals surface area contributed by atoms with Gasteiger partial charge in [0.25, 0.3) is 0 Å². The third-order valence-electron chi connectivity index (χ3n) is 2.79. The van der Waals surface area contributed by atoms with Gasteiger partial charge in [0, 0.05) is 17.0 Å². The van der Waals surface area contributed by atoms with E-state index in [0.29, 0.717) is 11.0 Å². The quantitative estimate of drug-likeness (QED) is 0.870. The molecule has 0 saturated carbocycles. The minimum absolute atomic E-state index is 0. The van der Waals surface area contributed by atoms with Crippen LogP contribution in [0.2, 0.25) is 0 Å². The maximum absolute atomic E-state index is 11.8. The predicted octanol–water partition coefficient (Wildman–Crippen LogP) is 1.67. The highest BCUT2D eigenvalue weighted by molar-refractivity contribution is 7.15. The van der Waals surface area contributed by atoms with Gasteiger partial charge in [-0.25, -0.2) is 4.98 Å². The van der Waals surface area contributed by atoms with Gasteiger partial charge in [-0.2, -0.15) is 0 Å². The molecule has 1 unspecified atom stereocenters. The zero-order chi connectivity index (χ0) is 10.8. The molecule has 2 N–H and O–H groups in total. The van der Waals surface area contributed by atoms with Crippen LogP contribution in [0.25, 0.3) is 0 Å². The number of hydrogen-bond donors (Lipinski definition) is 2. The molecule has 0 aliphatic carbocycles. The van der Waals surface area contributed by atoms with Crippen LogP contribution in [0.15, 0.2) is 6.20 Å². The van der Waals surface area contributed by atoms with Crippen molar-refractivity contribution < 1.29 is 4.79 Å². The van der Waals surface area contributed by atoms with Gasteiger partial charge in [0.1, 0.15) is 0 Å². The number of thiazole rings is 1. The highest BCUT2D eigenvalue weighted by atomic mass is 35.5. The normalized spacial score (nSPS) is 17.1. The van der Waals surface area contributed by atoms with Crippen LogP contribution in [0.5, 0.6) is 0 Å². The number of aryl methyl sites for hydroxylation is 1. The van der Waals surface area contributed by atoms with Crippen molar-refractivity contribution in [2.75, 3.05) is 18.4 Å². The topological polar surface area (TPSA) is 54.0 Å². The Bertz CT molecular complexity index is 365. The highest BCUT2D eigenvalue weighted by Gasteiger charge is 2.28. The summed E-state index contributed by atoms with van der Waals surface area (Å²) in [6.45, 7) is 5.85. The summed E-state index contributed by atoms with van der Waals surface area (Å²) in [6, 6.07) is 0. The van der Waals surface area contributed by atoms with E-state index in [9.17, 15) is 4.79 Å². The molecular formula is C10H16ClN3OS. The van der Waals surface area contributed by atoms with E-state index in [1.165, 1.54) is 11.3 Å². The van der Waals surface area contributed by atoms with Gasteiger partial charge in [0.2, 0.25) is 5.91 Å². The van der Waals surface area contributed by atoms with Crippen LogP contribution in [0.4, 0.5) is 5.13 Å². The molecule has 1 atom stereocenters. The third kappa shape index (κ3) is 2.93. The zero-order valence-corrected chi connectivity index (χ0v) is 11.0. The van der Waals surface area contributed by atoms with Crippen LogP contribution in [-0.4, -0.2) is 24.0 Å². The molecule has 0 spiro atoms. The van der Waals surface area contributed by atoms with Crippen molar-refractivity contribution in [1.29, 1.82) is 0 Å². The van der Waals surface area contributed by atoms with Gasteiger partial charge < -0.3 is 10.6 Å². The molecule has 0 bridgehead atoms. The van der Waals surface area contributed by atoms with Crippen LogP contribution in [0.3, 0.4) is 0 Å². The van der Waals surface area contributed by atoms with E-state index in [2.05, 4.69) is 15.6 Å². The number of carbonyl (C=O) groups excluding carboxylic acids is 1. The Morgan fingerprint density at radius 1 is 1.69 bits per heavy atom. The van der Waals surface area contributed by atoms with Gasteiger partial charge in [-0.15, -0.1) is 23.7 Å². The predicted molar refractivity (Wildman–Crippen MR) is 68.3 cm³/mol. The second kappa shape index (κ2) is 5.61. The van der Waals surface area contributed by atoms with E-state index < -0.39 is 0 Å². The van der Waals surface area contributed by atoms with E-state index in [0.717, 1.165) is 18.0 Å². The van der Waals surface area contributed by atoms with Gasteiger partial charge in [0.05, 0.1) is 0 Å². The molecular weight excluding hydrogens is 246 g/mol. The Balaban J connectivity index is 0.00000128. The monoisotopic (exact) mass is 261 g/mol. The first kappa shape index (κ1) is 13.4. The van der Waals surface area contributed by atoms with Gasteiger partial charge in [-0.3, -0.25) is 4.79 Å². The number of rotatable bonds is 3. The molecule has 1 aliphatic heterocycles. The number of hydrogen-bond acceptors (Lipinski definition) is 4. The second-order valence-corrected chi connectivity index (χ2v) is 5.21. The number of halogens is 1. The van der Waals surface area contributed by atoms with Crippen molar-refractivity contribution in [3.8, 4) is 0 Å². The first-order chi connectivity index (χ1) is 7.16. The van der Waals surface area contributed by atoms with Crippen LogP contribution in [0, 0.1) is 18.8 Å². The summed E-state index contributed by atoms with van der Waals surface area (Å²) in [7, 11) is 0. The fraction of sp³-hybridized carbons (Fsp3) is 0.600. The molecule has 1 aromatic rings. The van der Waals surface area contributed by atoms with Crippen LogP contribution < -0.4 is 10.6 Å². The fourth-order valence-electron chi connectivity index (χ4n) is 1.51. The molecule has 0 aromatic carbocycles. The Hall–Kier alpha value is -0.650. The smallest absolute Gasteiger partial charge is 0.229 e. The lowest BCUT2D eigenvalue weighted by atomic mass is 9.88. The Morgan fingerprint density at radius 2 is 2.38 bits per heavy atom. The minimum atomic E-state index is 0. The molecule has 2 heterocycles.